The van der Waals surface area contributed by atoms with E-state index in [1.54, 1.807) is 29.2 Å². The SMILES string of the molecule is O=C(c1cccc(COCC(F)(F)C(F)F)c1)N1CCN(Cc2ccc(Cl)cc2)CC1. The second kappa shape index (κ2) is 10.4. The molecule has 0 radical (unpaired) electrons. The zero-order valence-corrected chi connectivity index (χ0v) is 17.5. The standard InChI is InChI=1S/C22H23ClF4N2O2/c23-19-6-4-16(5-7-19)13-28-8-10-29(11-9-28)20(30)18-3-1-2-17(12-18)14-31-15-22(26,27)21(24)25/h1-7,12,21H,8-11,13-15H2. The second-order valence-electron chi connectivity index (χ2n) is 7.45. The molecule has 1 amide bonds. The molecule has 0 unspecified atom stereocenters. The Morgan fingerprint density at radius 2 is 1.71 bits per heavy atom. The molecule has 0 bridgehead atoms. The van der Waals surface area contributed by atoms with Gasteiger partial charge in [0.2, 0.25) is 0 Å². The van der Waals surface area contributed by atoms with Crippen molar-refractivity contribution in [2.24, 2.45) is 0 Å². The molecule has 0 N–H and O–H groups in total. The van der Waals surface area contributed by atoms with Crippen molar-refractivity contribution in [1.82, 2.24) is 9.80 Å². The van der Waals surface area contributed by atoms with E-state index in [-0.39, 0.29) is 12.5 Å². The van der Waals surface area contributed by atoms with Gasteiger partial charge in [0.25, 0.3) is 5.91 Å². The number of amides is 1. The van der Waals surface area contributed by atoms with E-state index in [4.69, 9.17) is 16.3 Å². The lowest BCUT2D eigenvalue weighted by Crippen LogP contribution is -2.48. The van der Waals surface area contributed by atoms with Gasteiger partial charge >= 0.3 is 12.3 Å². The number of rotatable bonds is 8. The normalized spacial score (nSPS) is 15.5. The van der Waals surface area contributed by atoms with Crippen LogP contribution >= 0.6 is 11.6 Å². The van der Waals surface area contributed by atoms with Crippen molar-refractivity contribution >= 4 is 17.5 Å². The molecule has 0 spiro atoms. The number of benzene rings is 2. The number of alkyl halides is 4. The van der Waals surface area contributed by atoms with Gasteiger partial charge in [-0.15, -0.1) is 0 Å². The Hall–Kier alpha value is -2.16. The van der Waals surface area contributed by atoms with E-state index in [9.17, 15) is 22.4 Å². The first-order chi connectivity index (χ1) is 14.7. The summed E-state index contributed by atoms with van der Waals surface area (Å²) in [6.07, 6.45) is -3.78. The molecule has 0 atom stereocenters. The molecule has 1 saturated heterocycles. The number of hydrogen-bond acceptors (Lipinski definition) is 3. The number of halogens is 5. The van der Waals surface area contributed by atoms with E-state index in [0.717, 1.165) is 25.2 Å². The largest absolute Gasteiger partial charge is 0.370 e. The van der Waals surface area contributed by atoms with Crippen LogP contribution in [0.4, 0.5) is 17.6 Å². The minimum Gasteiger partial charge on any atom is -0.370 e. The fourth-order valence-electron chi connectivity index (χ4n) is 3.30. The summed E-state index contributed by atoms with van der Waals surface area (Å²) < 4.78 is 55.0. The Morgan fingerprint density at radius 3 is 2.35 bits per heavy atom. The Kier molecular flexibility index (Phi) is 7.91. The van der Waals surface area contributed by atoms with Gasteiger partial charge in [-0.3, -0.25) is 9.69 Å². The highest BCUT2D eigenvalue weighted by Crippen LogP contribution is 2.23. The first-order valence-corrected chi connectivity index (χ1v) is 10.2. The highest BCUT2D eigenvalue weighted by atomic mass is 35.5. The molecule has 4 nitrogen and oxygen atoms in total. The van der Waals surface area contributed by atoms with Gasteiger partial charge in [-0.2, -0.15) is 8.78 Å². The number of carbonyl (C=O) groups excluding carboxylic acids is 1. The van der Waals surface area contributed by atoms with E-state index in [2.05, 4.69) is 4.90 Å². The van der Waals surface area contributed by atoms with Gasteiger partial charge in [-0.05, 0) is 35.4 Å². The molecule has 0 aromatic heterocycles. The predicted octanol–water partition coefficient (Wildman–Crippen LogP) is 4.72. The Labute approximate surface area is 183 Å². The number of carbonyl (C=O) groups is 1. The molecule has 1 aliphatic rings. The van der Waals surface area contributed by atoms with Crippen LogP contribution in [-0.2, 0) is 17.9 Å². The molecule has 1 heterocycles. The molecule has 2 aromatic carbocycles. The van der Waals surface area contributed by atoms with E-state index >= 15 is 0 Å². The minimum absolute atomic E-state index is 0.161. The highest BCUT2D eigenvalue weighted by Gasteiger charge is 2.40. The van der Waals surface area contributed by atoms with E-state index in [1.165, 1.54) is 0 Å². The van der Waals surface area contributed by atoms with Crippen LogP contribution < -0.4 is 0 Å². The molecule has 1 fully saturated rings. The van der Waals surface area contributed by atoms with Crippen molar-refractivity contribution in [3.63, 3.8) is 0 Å². The first kappa shape index (κ1) is 23.5. The van der Waals surface area contributed by atoms with Crippen LogP contribution in [0.3, 0.4) is 0 Å². The Morgan fingerprint density at radius 1 is 1.03 bits per heavy atom. The number of piperazine rings is 1. The molecular weight excluding hydrogens is 436 g/mol. The van der Waals surface area contributed by atoms with Crippen LogP contribution in [0.1, 0.15) is 21.5 Å². The van der Waals surface area contributed by atoms with Gasteiger partial charge in [0.15, 0.2) is 0 Å². The lowest BCUT2D eigenvalue weighted by molar-refractivity contribution is -0.168. The average Bonchev–Trinajstić information content (AvgIpc) is 2.75. The molecule has 168 valence electrons. The molecule has 0 aliphatic carbocycles. The van der Waals surface area contributed by atoms with Crippen molar-refractivity contribution in [2.45, 2.75) is 25.5 Å². The van der Waals surface area contributed by atoms with Crippen molar-refractivity contribution in [1.29, 1.82) is 0 Å². The summed E-state index contributed by atoms with van der Waals surface area (Å²) in [5, 5.41) is 0.689. The quantitative estimate of drug-likeness (QED) is 0.537. The summed E-state index contributed by atoms with van der Waals surface area (Å²) in [5.41, 5.74) is 2.03. The summed E-state index contributed by atoms with van der Waals surface area (Å²) in [4.78, 5) is 16.8. The van der Waals surface area contributed by atoms with Gasteiger partial charge in [-0.25, -0.2) is 8.78 Å². The first-order valence-electron chi connectivity index (χ1n) is 9.83. The van der Waals surface area contributed by atoms with Crippen LogP contribution in [0.5, 0.6) is 0 Å². The van der Waals surface area contributed by atoms with Crippen molar-refractivity contribution in [3.8, 4) is 0 Å². The topological polar surface area (TPSA) is 32.8 Å². The lowest BCUT2D eigenvalue weighted by atomic mass is 10.1. The highest BCUT2D eigenvalue weighted by molar-refractivity contribution is 6.30. The number of nitrogens with zero attached hydrogens (tertiary/aromatic N) is 2. The molecule has 0 saturated carbocycles. The van der Waals surface area contributed by atoms with Crippen molar-refractivity contribution < 1.29 is 27.1 Å². The Bertz CT molecular complexity index is 872. The summed E-state index contributed by atoms with van der Waals surface area (Å²) in [6.45, 7) is 1.69. The molecule has 2 aromatic rings. The smallest absolute Gasteiger partial charge is 0.330 e. The van der Waals surface area contributed by atoms with Gasteiger partial charge in [0.1, 0.15) is 6.61 Å². The number of hydrogen-bond donors (Lipinski definition) is 0. The van der Waals surface area contributed by atoms with Crippen LogP contribution in [0, 0.1) is 0 Å². The monoisotopic (exact) mass is 458 g/mol. The van der Waals surface area contributed by atoms with Crippen molar-refractivity contribution in [2.75, 3.05) is 32.8 Å². The van der Waals surface area contributed by atoms with Crippen LogP contribution in [0.2, 0.25) is 5.02 Å². The van der Waals surface area contributed by atoms with E-state index in [1.807, 2.05) is 24.3 Å². The maximum atomic E-state index is 12.9. The zero-order valence-electron chi connectivity index (χ0n) is 16.7. The average molecular weight is 459 g/mol. The lowest BCUT2D eigenvalue weighted by Gasteiger charge is -2.34. The second-order valence-corrected chi connectivity index (χ2v) is 7.89. The number of ether oxygens (including phenoxy) is 1. The molecule has 1 aliphatic heterocycles. The summed E-state index contributed by atoms with van der Waals surface area (Å²) >= 11 is 5.91. The summed E-state index contributed by atoms with van der Waals surface area (Å²) in [5.74, 6) is -4.36. The fourth-order valence-corrected chi connectivity index (χ4v) is 3.43. The molecule has 3 rings (SSSR count). The van der Waals surface area contributed by atoms with Gasteiger partial charge in [-0.1, -0.05) is 35.9 Å². The predicted molar refractivity (Wildman–Crippen MR) is 110 cm³/mol. The van der Waals surface area contributed by atoms with Crippen molar-refractivity contribution in [3.05, 3.63) is 70.2 Å². The Balaban J connectivity index is 1.50. The third kappa shape index (κ3) is 6.66. The van der Waals surface area contributed by atoms with Crippen LogP contribution in [0.25, 0.3) is 0 Å². The van der Waals surface area contributed by atoms with E-state index < -0.39 is 19.0 Å². The maximum Gasteiger partial charge on any atom is 0.330 e. The minimum atomic E-state index is -4.20. The third-order valence-electron chi connectivity index (χ3n) is 5.04. The van der Waals surface area contributed by atoms with Gasteiger partial charge < -0.3 is 9.64 Å². The maximum absolute atomic E-state index is 12.9. The van der Waals surface area contributed by atoms with E-state index in [0.29, 0.717) is 29.2 Å². The fraction of sp³-hybridized carbons (Fsp3) is 0.409. The summed E-state index contributed by atoms with van der Waals surface area (Å²) in [7, 11) is 0. The molecule has 31 heavy (non-hydrogen) atoms. The molecular formula is C22H23ClF4N2O2. The van der Waals surface area contributed by atoms with Gasteiger partial charge in [0.05, 0.1) is 6.61 Å². The van der Waals surface area contributed by atoms with Crippen LogP contribution in [0.15, 0.2) is 48.5 Å². The zero-order chi connectivity index (χ0) is 22.4. The van der Waals surface area contributed by atoms with Crippen LogP contribution in [-0.4, -0.2) is 60.8 Å². The van der Waals surface area contributed by atoms with Gasteiger partial charge in [0, 0.05) is 43.3 Å². The summed E-state index contributed by atoms with van der Waals surface area (Å²) in [6, 6.07) is 14.1. The third-order valence-corrected chi connectivity index (χ3v) is 5.29. The molecule has 9 heteroatoms.